The highest BCUT2D eigenvalue weighted by molar-refractivity contribution is 7.92. The second-order valence-electron chi connectivity index (χ2n) is 8.46. The highest BCUT2D eigenvalue weighted by atomic mass is 35.5. The van der Waals surface area contributed by atoms with Gasteiger partial charge in [0.05, 0.1) is 11.9 Å². The summed E-state index contributed by atoms with van der Waals surface area (Å²) >= 11 is 6.35. The number of nitrogens with one attached hydrogen (secondary N) is 1. The number of para-hydroxylation sites is 1. The first-order valence-corrected chi connectivity index (χ1v) is 14.2. The molecular weight excluding hydrogens is 486 g/mol. The van der Waals surface area contributed by atoms with E-state index in [1.807, 2.05) is 38.1 Å². The number of hydrogen-bond acceptors (Lipinski definition) is 4. The summed E-state index contributed by atoms with van der Waals surface area (Å²) in [6.07, 6.45) is 3.84. The minimum atomic E-state index is -3.51. The van der Waals surface area contributed by atoms with Crippen molar-refractivity contribution < 1.29 is 18.0 Å². The Morgan fingerprint density at radius 3 is 2.26 bits per heavy atom. The van der Waals surface area contributed by atoms with Gasteiger partial charge in [0.15, 0.2) is 0 Å². The predicted octanol–water partition coefficient (Wildman–Crippen LogP) is 4.61. The van der Waals surface area contributed by atoms with Crippen LogP contribution in [0.15, 0.2) is 54.6 Å². The molecular formula is C26H36ClN3O4S. The van der Waals surface area contributed by atoms with Crippen LogP contribution in [0, 0.1) is 0 Å². The van der Waals surface area contributed by atoms with Crippen molar-refractivity contribution in [3.63, 3.8) is 0 Å². The van der Waals surface area contributed by atoms with Gasteiger partial charge in [-0.15, -0.1) is 0 Å². The van der Waals surface area contributed by atoms with Gasteiger partial charge in [0.2, 0.25) is 21.8 Å². The van der Waals surface area contributed by atoms with Crippen molar-refractivity contribution in [2.24, 2.45) is 0 Å². The number of halogens is 1. The minimum absolute atomic E-state index is 0.0993. The van der Waals surface area contributed by atoms with E-state index in [9.17, 15) is 18.0 Å². The van der Waals surface area contributed by atoms with Gasteiger partial charge in [-0.25, -0.2) is 8.42 Å². The monoisotopic (exact) mass is 521 g/mol. The molecule has 2 aromatic carbocycles. The van der Waals surface area contributed by atoms with Crippen LogP contribution < -0.4 is 9.62 Å². The second-order valence-corrected chi connectivity index (χ2v) is 10.8. The molecule has 7 nitrogen and oxygen atoms in total. The van der Waals surface area contributed by atoms with Crippen molar-refractivity contribution in [2.45, 2.75) is 58.5 Å². The molecule has 0 radical (unpaired) electrons. The van der Waals surface area contributed by atoms with Crippen LogP contribution in [0.3, 0.4) is 0 Å². The number of amides is 2. The maximum absolute atomic E-state index is 13.4. The molecule has 192 valence electrons. The van der Waals surface area contributed by atoms with E-state index in [0.717, 1.165) is 24.7 Å². The number of unbranched alkanes of at least 4 members (excludes halogenated alkanes) is 1. The molecule has 0 saturated heterocycles. The molecule has 0 unspecified atom stereocenters. The molecule has 0 spiro atoms. The molecule has 1 atom stereocenters. The Labute approximate surface area is 214 Å². The van der Waals surface area contributed by atoms with Gasteiger partial charge in [-0.1, -0.05) is 68.3 Å². The van der Waals surface area contributed by atoms with Crippen LogP contribution in [-0.2, 0) is 26.2 Å². The maximum Gasteiger partial charge on any atom is 0.242 e. The van der Waals surface area contributed by atoms with Gasteiger partial charge in [-0.3, -0.25) is 13.9 Å². The normalized spacial score (nSPS) is 12.1. The highest BCUT2D eigenvalue weighted by Gasteiger charge is 2.29. The molecule has 0 aromatic heterocycles. The molecule has 0 heterocycles. The summed E-state index contributed by atoms with van der Waals surface area (Å²) in [5.74, 6) is -0.410. The third-order valence-corrected chi connectivity index (χ3v) is 7.27. The van der Waals surface area contributed by atoms with Crippen molar-refractivity contribution in [1.82, 2.24) is 10.2 Å². The van der Waals surface area contributed by atoms with Gasteiger partial charge in [0.25, 0.3) is 0 Å². The van der Waals surface area contributed by atoms with Crippen molar-refractivity contribution >= 4 is 39.1 Å². The van der Waals surface area contributed by atoms with E-state index in [4.69, 9.17) is 11.6 Å². The Kier molecular flexibility index (Phi) is 11.5. The van der Waals surface area contributed by atoms with E-state index < -0.39 is 16.1 Å². The van der Waals surface area contributed by atoms with Crippen LogP contribution in [0.1, 0.15) is 51.5 Å². The van der Waals surface area contributed by atoms with Crippen LogP contribution >= 0.6 is 11.6 Å². The van der Waals surface area contributed by atoms with Crippen LogP contribution in [0.2, 0.25) is 5.02 Å². The fourth-order valence-electron chi connectivity index (χ4n) is 3.83. The molecule has 2 rings (SSSR count). The molecule has 2 amide bonds. The SMILES string of the molecule is CCCCNC(=O)[C@H](CC)N(Cc1ccccc1Cl)C(=O)CCCN(c1ccccc1)S(C)(=O)=O. The van der Waals surface area contributed by atoms with Gasteiger partial charge in [-0.2, -0.15) is 0 Å². The molecule has 2 aromatic rings. The van der Waals surface area contributed by atoms with E-state index in [1.165, 1.54) is 4.31 Å². The van der Waals surface area contributed by atoms with E-state index in [2.05, 4.69) is 5.32 Å². The van der Waals surface area contributed by atoms with Gasteiger partial charge >= 0.3 is 0 Å². The average molecular weight is 522 g/mol. The molecule has 0 aliphatic rings. The van der Waals surface area contributed by atoms with E-state index >= 15 is 0 Å². The first kappa shape index (κ1) is 28.7. The lowest BCUT2D eigenvalue weighted by Crippen LogP contribution is -2.49. The molecule has 0 aliphatic carbocycles. The highest BCUT2D eigenvalue weighted by Crippen LogP contribution is 2.22. The van der Waals surface area contributed by atoms with Crippen molar-refractivity contribution in [2.75, 3.05) is 23.7 Å². The fraction of sp³-hybridized carbons (Fsp3) is 0.462. The number of carbonyl (C=O) groups excluding carboxylic acids is 2. The van der Waals surface area contributed by atoms with Crippen LogP contribution in [-0.4, -0.2) is 50.5 Å². The zero-order valence-electron chi connectivity index (χ0n) is 20.7. The molecule has 1 N–H and O–H groups in total. The standard InChI is InChI=1S/C26H36ClN3O4S/c1-4-6-18-28-26(32)24(5-2)29(20-21-13-10-11-16-23(21)27)25(31)17-12-19-30(35(3,33)34)22-14-8-7-9-15-22/h7-11,13-16,24H,4-6,12,17-20H2,1-3H3,(H,28,32)/t24-/m0/s1. The zero-order valence-corrected chi connectivity index (χ0v) is 22.3. The number of rotatable bonds is 14. The summed E-state index contributed by atoms with van der Waals surface area (Å²) in [7, 11) is -3.51. The smallest absolute Gasteiger partial charge is 0.242 e. The molecule has 35 heavy (non-hydrogen) atoms. The van der Waals surface area contributed by atoms with Gasteiger partial charge < -0.3 is 10.2 Å². The fourth-order valence-corrected chi connectivity index (χ4v) is 4.99. The van der Waals surface area contributed by atoms with Gasteiger partial charge in [0.1, 0.15) is 6.04 Å². The van der Waals surface area contributed by atoms with Gasteiger partial charge in [-0.05, 0) is 43.0 Å². The Morgan fingerprint density at radius 1 is 1.00 bits per heavy atom. The van der Waals surface area contributed by atoms with E-state index in [-0.39, 0.29) is 31.3 Å². The molecule has 0 aliphatic heterocycles. The minimum Gasteiger partial charge on any atom is -0.354 e. The first-order chi connectivity index (χ1) is 16.7. The summed E-state index contributed by atoms with van der Waals surface area (Å²) in [4.78, 5) is 27.9. The number of hydrogen-bond donors (Lipinski definition) is 1. The third-order valence-electron chi connectivity index (χ3n) is 5.71. The van der Waals surface area contributed by atoms with Crippen molar-refractivity contribution in [3.8, 4) is 0 Å². The van der Waals surface area contributed by atoms with Gasteiger partial charge in [0, 0.05) is 31.1 Å². The lowest BCUT2D eigenvalue weighted by molar-refractivity contribution is -0.141. The predicted molar refractivity (Wildman–Crippen MR) is 142 cm³/mol. The largest absolute Gasteiger partial charge is 0.354 e. The van der Waals surface area contributed by atoms with Crippen molar-refractivity contribution in [1.29, 1.82) is 0 Å². The maximum atomic E-state index is 13.4. The summed E-state index contributed by atoms with van der Waals surface area (Å²) < 4.78 is 26.0. The Bertz CT molecular complexity index is 1060. The summed E-state index contributed by atoms with van der Waals surface area (Å²) in [5, 5.41) is 3.46. The Hall–Kier alpha value is -2.58. The number of sulfonamides is 1. The molecule has 0 fully saturated rings. The molecule has 0 saturated carbocycles. The zero-order chi connectivity index (χ0) is 25.8. The number of anilines is 1. The lowest BCUT2D eigenvalue weighted by Gasteiger charge is -2.31. The lowest BCUT2D eigenvalue weighted by atomic mass is 10.1. The van der Waals surface area contributed by atoms with E-state index in [1.54, 1.807) is 35.2 Å². The summed E-state index contributed by atoms with van der Waals surface area (Å²) in [6, 6.07) is 15.4. The first-order valence-electron chi connectivity index (χ1n) is 12.0. The quantitative estimate of drug-likeness (QED) is 0.368. The second kappa shape index (κ2) is 14.1. The molecule has 0 bridgehead atoms. The summed E-state index contributed by atoms with van der Waals surface area (Å²) in [6.45, 7) is 4.84. The summed E-state index contributed by atoms with van der Waals surface area (Å²) in [5.41, 5.74) is 1.31. The third kappa shape index (κ3) is 8.85. The van der Waals surface area contributed by atoms with E-state index in [0.29, 0.717) is 30.1 Å². The topological polar surface area (TPSA) is 86.8 Å². The van der Waals surface area contributed by atoms with Crippen LogP contribution in [0.4, 0.5) is 5.69 Å². The average Bonchev–Trinajstić information content (AvgIpc) is 2.82. The molecule has 9 heteroatoms. The number of nitrogens with zero attached hydrogens (tertiary/aromatic N) is 2. The van der Waals surface area contributed by atoms with Crippen LogP contribution in [0.25, 0.3) is 0 Å². The Balaban J connectivity index is 2.19. The number of carbonyl (C=O) groups is 2. The van der Waals surface area contributed by atoms with Crippen molar-refractivity contribution in [3.05, 3.63) is 65.2 Å². The van der Waals surface area contributed by atoms with Crippen LogP contribution in [0.5, 0.6) is 0 Å². The number of benzene rings is 2. The Morgan fingerprint density at radius 2 is 1.66 bits per heavy atom.